The van der Waals surface area contributed by atoms with Crippen molar-refractivity contribution in [3.05, 3.63) is 29.6 Å². The van der Waals surface area contributed by atoms with Crippen LogP contribution in [0.4, 0.5) is 4.39 Å². The number of halogens is 1. The molecule has 98 valence electrons. The molecule has 2 N–H and O–H groups in total. The Hall–Kier alpha value is -1.62. The van der Waals surface area contributed by atoms with Crippen molar-refractivity contribution >= 4 is 5.97 Å². The topological polar surface area (TPSA) is 60.8 Å². The van der Waals surface area contributed by atoms with Crippen LogP contribution in [-0.4, -0.2) is 34.2 Å². The SMILES string of the molecule is C[C@@H]1CN(Cc2cc(O)cc(F)c2)C[C@H]1C(=O)O. The zero-order valence-corrected chi connectivity index (χ0v) is 10.1. The summed E-state index contributed by atoms with van der Waals surface area (Å²) in [4.78, 5) is 13.0. The van der Waals surface area contributed by atoms with E-state index in [-0.39, 0.29) is 17.6 Å². The molecule has 1 aromatic rings. The third kappa shape index (κ3) is 2.79. The van der Waals surface area contributed by atoms with E-state index in [4.69, 9.17) is 5.11 Å². The van der Waals surface area contributed by atoms with E-state index in [1.54, 1.807) is 0 Å². The van der Waals surface area contributed by atoms with Gasteiger partial charge in [-0.05, 0) is 23.6 Å². The van der Waals surface area contributed by atoms with Crippen molar-refractivity contribution in [1.82, 2.24) is 4.90 Å². The highest BCUT2D eigenvalue weighted by molar-refractivity contribution is 5.71. The molecule has 0 aliphatic carbocycles. The molecule has 1 aliphatic rings. The second kappa shape index (κ2) is 4.94. The molecule has 5 heteroatoms. The Morgan fingerprint density at radius 3 is 2.72 bits per heavy atom. The fraction of sp³-hybridized carbons (Fsp3) is 0.462. The van der Waals surface area contributed by atoms with Crippen LogP contribution >= 0.6 is 0 Å². The van der Waals surface area contributed by atoms with Crippen LogP contribution in [0.3, 0.4) is 0 Å². The molecule has 2 rings (SSSR count). The average molecular weight is 253 g/mol. The third-order valence-electron chi connectivity index (χ3n) is 3.35. The van der Waals surface area contributed by atoms with Crippen LogP contribution < -0.4 is 0 Å². The molecule has 4 nitrogen and oxygen atoms in total. The van der Waals surface area contributed by atoms with Gasteiger partial charge in [0.15, 0.2) is 0 Å². The minimum atomic E-state index is -0.785. The largest absolute Gasteiger partial charge is 0.508 e. The minimum Gasteiger partial charge on any atom is -0.508 e. The summed E-state index contributed by atoms with van der Waals surface area (Å²) >= 11 is 0. The number of carboxylic acids is 1. The second-order valence-corrected chi connectivity index (χ2v) is 4.93. The molecule has 0 radical (unpaired) electrons. The van der Waals surface area contributed by atoms with E-state index in [0.29, 0.717) is 25.2 Å². The smallest absolute Gasteiger partial charge is 0.308 e. The highest BCUT2D eigenvalue weighted by Gasteiger charge is 2.34. The quantitative estimate of drug-likeness (QED) is 0.860. The lowest BCUT2D eigenvalue weighted by molar-refractivity contribution is -0.142. The fourth-order valence-corrected chi connectivity index (χ4v) is 2.50. The first-order chi connectivity index (χ1) is 8.45. The van der Waals surface area contributed by atoms with Crippen LogP contribution in [0.1, 0.15) is 12.5 Å². The predicted octanol–water partition coefficient (Wildman–Crippen LogP) is 1.68. The summed E-state index contributed by atoms with van der Waals surface area (Å²) < 4.78 is 13.1. The van der Waals surface area contributed by atoms with Gasteiger partial charge >= 0.3 is 5.97 Å². The van der Waals surface area contributed by atoms with E-state index in [9.17, 15) is 14.3 Å². The molecular formula is C13H16FNO3. The van der Waals surface area contributed by atoms with Gasteiger partial charge in [-0.2, -0.15) is 0 Å². The van der Waals surface area contributed by atoms with Crippen molar-refractivity contribution in [1.29, 1.82) is 0 Å². The number of nitrogens with zero attached hydrogens (tertiary/aromatic N) is 1. The van der Waals surface area contributed by atoms with E-state index >= 15 is 0 Å². The van der Waals surface area contributed by atoms with E-state index in [1.807, 2.05) is 11.8 Å². The third-order valence-corrected chi connectivity index (χ3v) is 3.35. The van der Waals surface area contributed by atoms with Gasteiger partial charge in [0, 0.05) is 25.7 Å². The average Bonchev–Trinajstić information content (AvgIpc) is 2.57. The van der Waals surface area contributed by atoms with Gasteiger partial charge in [-0.15, -0.1) is 0 Å². The number of aromatic hydroxyl groups is 1. The lowest BCUT2D eigenvalue weighted by Gasteiger charge is -2.15. The Balaban J connectivity index is 2.05. The first kappa shape index (κ1) is 12.8. The fourth-order valence-electron chi connectivity index (χ4n) is 2.50. The van der Waals surface area contributed by atoms with Crippen molar-refractivity contribution in [3.63, 3.8) is 0 Å². The molecule has 1 heterocycles. The molecule has 2 atom stereocenters. The van der Waals surface area contributed by atoms with Crippen molar-refractivity contribution in [2.75, 3.05) is 13.1 Å². The van der Waals surface area contributed by atoms with Crippen LogP contribution in [0.5, 0.6) is 5.75 Å². The zero-order chi connectivity index (χ0) is 13.3. The molecule has 1 saturated heterocycles. The summed E-state index contributed by atoms with van der Waals surface area (Å²) in [5.74, 6) is -1.65. The van der Waals surface area contributed by atoms with Crippen LogP contribution in [0, 0.1) is 17.7 Å². The summed E-state index contributed by atoms with van der Waals surface area (Å²) in [7, 11) is 0. The van der Waals surface area contributed by atoms with Gasteiger partial charge in [0.05, 0.1) is 5.92 Å². The van der Waals surface area contributed by atoms with Crippen LogP contribution in [0.15, 0.2) is 18.2 Å². The second-order valence-electron chi connectivity index (χ2n) is 4.93. The summed E-state index contributed by atoms with van der Waals surface area (Å²) in [6.45, 7) is 3.50. The molecule has 0 unspecified atom stereocenters. The Kier molecular flexibility index (Phi) is 3.52. The summed E-state index contributed by atoms with van der Waals surface area (Å²) in [5.41, 5.74) is 0.658. The Bertz CT molecular complexity index is 443. The number of likely N-dealkylation sites (tertiary alicyclic amines) is 1. The number of rotatable bonds is 3. The molecule has 0 amide bonds. The van der Waals surface area contributed by atoms with Crippen molar-refractivity contribution in [2.24, 2.45) is 11.8 Å². The zero-order valence-electron chi connectivity index (χ0n) is 10.1. The summed E-state index contributed by atoms with van der Waals surface area (Å²) in [6.07, 6.45) is 0. The number of carbonyl (C=O) groups is 1. The van der Waals surface area contributed by atoms with Crippen LogP contribution in [0.2, 0.25) is 0 Å². The molecule has 1 fully saturated rings. The van der Waals surface area contributed by atoms with Crippen molar-refractivity contribution < 1.29 is 19.4 Å². The van der Waals surface area contributed by atoms with Gasteiger partial charge in [-0.3, -0.25) is 9.69 Å². The van der Waals surface area contributed by atoms with Crippen molar-refractivity contribution in [3.8, 4) is 5.75 Å². The first-order valence-corrected chi connectivity index (χ1v) is 5.89. The molecule has 0 saturated carbocycles. The van der Waals surface area contributed by atoms with Gasteiger partial charge in [-0.25, -0.2) is 4.39 Å². The molecule has 0 aromatic heterocycles. The van der Waals surface area contributed by atoms with Gasteiger partial charge in [0.2, 0.25) is 0 Å². The first-order valence-electron chi connectivity index (χ1n) is 5.89. The highest BCUT2D eigenvalue weighted by Crippen LogP contribution is 2.25. The van der Waals surface area contributed by atoms with Gasteiger partial charge < -0.3 is 10.2 Å². The van der Waals surface area contributed by atoms with E-state index in [0.717, 1.165) is 6.07 Å². The number of aliphatic carboxylic acids is 1. The number of carboxylic acid groups (broad SMARTS) is 1. The van der Waals surface area contributed by atoms with E-state index in [2.05, 4.69) is 0 Å². The predicted molar refractivity (Wildman–Crippen MR) is 63.6 cm³/mol. The normalized spacial score (nSPS) is 24.3. The van der Waals surface area contributed by atoms with E-state index < -0.39 is 11.8 Å². The van der Waals surface area contributed by atoms with Crippen LogP contribution in [0.25, 0.3) is 0 Å². The number of phenolic OH excluding ortho intramolecular Hbond substituents is 1. The maximum absolute atomic E-state index is 13.1. The molecule has 0 spiro atoms. The standard InChI is InChI=1S/C13H16FNO3/c1-8-5-15(7-12(8)13(17)18)6-9-2-10(14)4-11(16)3-9/h2-4,8,12,16H,5-7H2,1H3,(H,17,18)/t8-,12-/m1/s1. The highest BCUT2D eigenvalue weighted by atomic mass is 19.1. The Labute approximate surface area is 105 Å². The molecular weight excluding hydrogens is 237 g/mol. The maximum atomic E-state index is 13.1. The van der Waals surface area contributed by atoms with Crippen LogP contribution in [-0.2, 0) is 11.3 Å². The Morgan fingerprint density at radius 2 is 2.17 bits per heavy atom. The number of benzene rings is 1. The maximum Gasteiger partial charge on any atom is 0.308 e. The molecule has 1 aromatic carbocycles. The summed E-state index contributed by atoms with van der Waals surface area (Å²) in [5, 5.41) is 18.3. The van der Waals surface area contributed by atoms with Gasteiger partial charge in [-0.1, -0.05) is 6.92 Å². The minimum absolute atomic E-state index is 0.0876. The summed E-state index contributed by atoms with van der Waals surface area (Å²) in [6, 6.07) is 3.91. The van der Waals surface area contributed by atoms with Crippen molar-refractivity contribution in [2.45, 2.75) is 13.5 Å². The number of hydrogen-bond donors (Lipinski definition) is 2. The molecule has 0 bridgehead atoms. The van der Waals surface area contributed by atoms with E-state index in [1.165, 1.54) is 12.1 Å². The lowest BCUT2D eigenvalue weighted by atomic mass is 9.99. The van der Waals surface area contributed by atoms with Gasteiger partial charge in [0.1, 0.15) is 11.6 Å². The molecule has 1 aliphatic heterocycles. The molecule has 18 heavy (non-hydrogen) atoms. The number of hydrogen-bond acceptors (Lipinski definition) is 3. The Morgan fingerprint density at radius 1 is 1.44 bits per heavy atom. The monoisotopic (exact) mass is 253 g/mol. The number of phenols is 1. The van der Waals surface area contributed by atoms with Gasteiger partial charge in [0.25, 0.3) is 0 Å². The lowest BCUT2D eigenvalue weighted by Crippen LogP contribution is -2.23.